The van der Waals surface area contributed by atoms with Crippen LogP contribution in [0.2, 0.25) is 0 Å². The molecule has 2 saturated heterocycles. The third kappa shape index (κ3) is 3.27. The van der Waals surface area contributed by atoms with E-state index in [4.69, 9.17) is 9.47 Å². The van der Waals surface area contributed by atoms with Crippen molar-refractivity contribution in [3.05, 3.63) is 17.5 Å². The van der Waals surface area contributed by atoms with Gasteiger partial charge in [-0.2, -0.15) is 5.10 Å². The molecule has 23 heavy (non-hydrogen) atoms. The van der Waals surface area contributed by atoms with Crippen LogP contribution in [0.15, 0.2) is 6.07 Å². The summed E-state index contributed by atoms with van der Waals surface area (Å²) in [6.07, 6.45) is -0.379. The highest BCUT2D eigenvalue weighted by Crippen LogP contribution is 2.27. The lowest BCUT2D eigenvalue weighted by Gasteiger charge is -2.17. The van der Waals surface area contributed by atoms with Gasteiger partial charge in [-0.25, -0.2) is 0 Å². The van der Waals surface area contributed by atoms with E-state index in [1.165, 1.54) is 0 Å². The normalized spacial score (nSPS) is 30.0. The van der Waals surface area contributed by atoms with Crippen LogP contribution < -0.4 is 5.32 Å². The average Bonchev–Trinajstić information content (AvgIpc) is 3.16. The van der Waals surface area contributed by atoms with E-state index < -0.39 is 6.10 Å². The van der Waals surface area contributed by atoms with Crippen molar-refractivity contribution in [2.24, 2.45) is 5.92 Å². The van der Waals surface area contributed by atoms with Crippen LogP contribution in [0.3, 0.4) is 0 Å². The summed E-state index contributed by atoms with van der Waals surface area (Å²) in [5, 5.41) is 17.2. The SMILES string of the molecule is CCn1nc(CC(C)C)cc1C(=O)N[C@@H]1CO[C@H]2[C@@H]1OC[C@H]2O. The Kier molecular flexibility index (Phi) is 4.70. The van der Waals surface area contributed by atoms with E-state index >= 15 is 0 Å². The fourth-order valence-electron chi connectivity index (χ4n) is 3.26. The molecule has 0 bridgehead atoms. The van der Waals surface area contributed by atoms with Crippen LogP contribution in [-0.2, 0) is 22.4 Å². The maximum Gasteiger partial charge on any atom is 0.269 e. The number of hydrogen-bond acceptors (Lipinski definition) is 5. The summed E-state index contributed by atoms with van der Waals surface area (Å²) in [4.78, 5) is 12.6. The number of carbonyl (C=O) groups excluding carboxylic acids is 1. The molecular formula is C16H25N3O4. The van der Waals surface area contributed by atoms with Gasteiger partial charge in [-0.15, -0.1) is 0 Å². The number of nitrogens with zero attached hydrogens (tertiary/aromatic N) is 2. The quantitative estimate of drug-likeness (QED) is 0.817. The van der Waals surface area contributed by atoms with Crippen molar-refractivity contribution in [3.63, 3.8) is 0 Å². The average molecular weight is 323 g/mol. The number of nitrogens with one attached hydrogen (secondary N) is 1. The molecule has 1 amide bonds. The molecule has 0 spiro atoms. The van der Waals surface area contributed by atoms with Gasteiger partial charge in [0.2, 0.25) is 0 Å². The lowest BCUT2D eigenvalue weighted by Crippen LogP contribution is -2.44. The number of rotatable bonds is 5. The first kappa shape index (κ1) is 16.4. The minimum Gasteiger partial charge on any atom is -0.388 e. The maximum atomic E-state index is 12.6. The van der Waals surface area contributed by atoms with E-state index in [-0.39, 0.29) is 30.8 Å². The Hall–Kier alpha value is -1.44. The van der Waals surface area contributed by atoms with Crippen LogP contribution >= 0.6 is 0 Å². The summed E-state index contributed by atoms with van der Waals surface area (Å²) in [6.45, 7) is 7.48. The molecule has 2 N–H and O–H groups in total. The standard InChI is InChI=1S/C16H25N3O4/c1-4-19-12(6-10(18-19)5-9(2)3)16(21)17-11-7-22-15-13(20)8-23-14(11)15/h6,9,11,13-15,20H,4-5,7-8H2,1-3H3,(H,17,21)/t11-,13-,14-,15-/m1/s1. The van der Waals surface area contributed by atoms with Gasteiger partial charge in [0.25, 0.3) is 5.91 Å². The minimum absolute atomic E-state index is 0.173. The number of carbonyl (C=O) groups is 1. The van der Waals surface area contributed by atoms with Crippen LogP contribution in [0.5, 0.6) is 0 Å². The molecule has 4 atom stereocenters. The van der Waals surface area contributed by atoms with Crippen molar-refractivity contribution >= 4 is 5.91 Å². The predicted molar refractivity (Wildman–Crippen MR) is 83.2 cm³/mol. The summed E-state index contributed by atoms with van der Waals surface area (Å²) in [7, 11) is 0. The number of hydrogen-bond donors (Lipinski definition) is 2. The van der Waals surface area contributed by atoms with Gasteiger partial charge < -0.3 is 19.9 Å². The van der Waals surface area contributed by atoms with E-state index in [0.29, 0.717) is 24.8 Å². The third-order valence-electron chi connectivity index (χ3n) is 4.32. The zero-order valence-electron chi connectivity index (χ0n) is 13.9. The monoisotopic (exact) mass is 323 g/mol. The van der Waals surface area contributed by atoms with Crippen molar-refractivity contribution in [3.8, 4) is 0 Å². The molecule has 0 aliphatic carbocycles. The zero-order chi connectivity index (χ0) is 16.6. The topological polar surface area (TPSA) is 85.6 Å². The number of aliphatic hydroxyl groups excluding tert-OH is 1. The molecule has 1 aromatic rings. The van der Waals surface area contributed by atoms with Gasteiger partial charge in [0, 0.05) is 6.54 Å². The first-order chi connectivity index (χ1) is 11.0. The van der Waals surface area contributed by atoms with Gasteiger partial charge >= 0.3 is 0 Å². The van der Waals surface area contributed by atoms with E-state index in [0.717, 1.165) is 12.1 Å². The Balaban J connectivity index is 1.70. The summed E-state index contributed by atoms with van der Waals surface area (Å²) >= 11 is 0. The lowest BCUT2D eigenvalue weighted by atomic mass is 10.1. The molecule has 2 fully saturated rings. The number of aromatic nitrogens is 2. The number of aliphatic hydroxyl groups is 1. The van der Waals surface area contributed by atoms with E-state index in [1.54, 1.807) is 4.68 Å². The number of aryl methyl sites for hydroxylation is 1. The van der Waals surface area contributed by atoms with E-state index in [9.17, 15) is 9.90 Å². The number of fused-ring (bicyclic) bond motifs is 1. The first-order valence-corrected chi connectivity index (χ1v) is 8.28. The summed E-state index contributed by atoms with van der Waals surface area (Å²) in [5.41, 5.74) is 1.49. The van der Waals surface area contributed by atoms with Crippen LogP contribution in [0.25, 0.3) is 0 Å². The molecule has 7 heteroatoms. The van der Waals surface area contributed by atoms with Crippen molar-refractivity contribution in [1.29, 1.82) is 0 Å². The molecule has 0 aromatic carbocycles. The molecule has 0 unspecified atom stereocenters. The fourth-order valence-corrected chi connectivity index (χ4v) is 3.26. The second kappa shape index (κ2) is 6.59. The van der Waals surface area contributed by atoms with Gasteiger partial charge in [0.1, 0.15) is 24.0 Å². The number of amides is 1. The summed E-state index contributed by atoms with van der Waals surface area (Å²) in [5.74, 6) is 0.317. The van der Waals surface area contributed by atoms with Crippen LogP contribution in [0, 0.1) is 5.92 Å². The highest BCUT2D eigenvalue weighted by molar-refractivity contribution is 5.93. The van der Waals surface area contributed by atoms with Crippen molar-refractivity contribution < 1.29 is 19.4 Å². The second-order valence-electron chi connectivity index (χ2n) is 6.68. The van der Waals surface area contributed by atoms with Crippen LogP contribution in [0.1, 0.15) is 37.0 Å². The molecule has 2 aliphatic rings. The summed E-state index contributed by atoms with van der Waals surface area (Å²) < 4.78 is 12.8. The van der Waals surface area contributed by atoms with Crippen molar-refractivity contribution in [1.82, 2.24) is 15.1 Å². The molecule has 2 aliphatic heterocycles. The molecule has 0 radical (unpaired) electrons. The molecule has 128 valence electrons. The van der Waals surface area contributed by atoms with Gasteiger partial charge in [-0.05, 0) is 25.3 Å². The molecule has 0 saturated carbocycles. The molecule has 1 aromatic heterocycles. The van der Waals surface area contributed by atoms with E-state index in [2.05, 4.69) is 24.3 Å². The Labute approximate surface area is 136 Å². The van der Waals surface area contributed by atoms with Crippen LogP contribution in [-0.4, -0.2) is 58.4 Å². The third-order valence-corrected chi connectivity index (χ3v) is 4.32. The van der Waals surface area contributed by atoms with Crippen molar-refractivity contribution in [2.75, 3.05) is 13.2 Å². The highest BCUT2D eigenvalue weighted by atomic mass is 16.6. The molecule has 3 heterocycles. The summed E-state index contributed by atoms with van der Waals surface area (Å²) in [6, 6.07) is 1.62. The predicted octanol–water partition coefficient (Wildman–Crippen LogP) is 0.358. The Bertz CT molecular complexity index is 572. The van der Waals surface area contributed by atoms with Gasteiger partial charge in [-0.3, -0.25) is 9.48 Å². The largest absolute Gasteiger partial charge is 0.388 e. The Morgan fingerprint density at radius 1 is 1.43 bits per heavy atom. The Morgan fingerprint density at radius 2 is 2.17 bits per heavy atom. The van der Waals surface area contributed by atoms with Gasteiger partial charge in [0.05, 0.1) is 24.9 Å². The lowest BCUT2D eigenvalue weighted by molar-refractivity contribution is 0.0178. The van der Waals surface area contributed by atoms with E-state index in [1.807, 2.05) is 13.0 Å². The number of ether oxygens (including phenoxy) is 2. The first-order valence-electron chi connectivity index (χ1n) is 8.28. The molecule has 3 rings (SSSR count). The highest BCUT2D eigenvalue weighted by Gasteiger charge is 2.47. The van der Waals surface area contributed by atoms with Gasteiger partial charge in [0.15, 0.2) is 0 Å². The second-order valence-corrected chi connectivity index (χ2v) is 6.68. The zero-order valence-corrected chi connectivity index (χ0v) is 13.9. The molecule has 7 nitrogen and oxygen atoms in total. The van der Waals surface area contributed by atoms with Crippen molar-refractivity contribution in [2.45, 2.75) is 58.1 Å². The smallest absolute Gasteiger partial charge is 0.269 e. The molecular weight excluding hydrogens is 298 g/mol. The fraction of sp³-hybridized carbons (Fsp3) is 0.750. The Morgan fingerprint density at radius 3 is 2.87 bits per heavy atom. The minimum atomic E-state index is -0.610. The van der Waals surface area contributed by atoms with Crippen LogP contribution in [0.4, 0.5) is 0 Å². The van der Waals surface area contributed by atoms with Gasteiger partial charge in [-0.1, -0.05) is 13.8 Å². The maximum absolute atomic E-state index is 12.6.